The van der Waals surface area contributed by atoms with E-state index in [0.717, 1.165) is 28.1 Å². The lowest BCUT2D eigenvalue weighted by molar-refractivity contribution is 0.454. The highest BCUT2D eigenvalue weighted by Crippen LogP contribution is 2.30. The van der Waals surface area contributed by atoms with Crippen LogP contribution in [0.4, 0.5) is 0 Å². The van der Waals surface area contributed by atoms with E-state index in [9.17, 15) is 0 Å². The third-order valence-electron chi connectivity index (χ3n) is 2.86. The highest BCUT2D eigenvalue weighted by molar-refractivity contribution is 6.30. The van der Waals surface area contributed by atoms with Gasteiger partial charge in [-0.1, -0.05) is 11.6 Å². The van der Waals surface area contributed by atoms with E-state index < -0.39 is 0 Å². The quantitative estimate of drug-likeness (QED) is 0.924. The predicted molar refractivity (Wildman–Crippen MR) is 77.9 cm³/mol. The van der Waals surface area contributed by atoms with Crippen LogP contribution in [0.25, 0.3) is 0 Å². The Kier molecular flexibility index (Phi) is 4.08. The third kappa shape index (κ3) is 3.25. The van der Waals surface area contributed by atoms with Crippen LogP contribution >= 0.6 is 11.6 Å². The van der Waals surface area contributed by atoms with E-state index in [0.29, 0.717) is 17.4 Å². The molecule has 1 heterocycles. The fourth-order valence-electron chi connectivity index (χ4n) is 2.04. The van der Waals surface area contributed by atoms with Crippen LogP contribution in [0.1, 0.15) is 22.4 Å². The highest BCUT2D eigenvalue weighted by Gasteiger charge is 2.09. The van der Waals surface area contributed by atoms with Gasteiger partial charge < -0.3 is 10.5 Å². The van der Waals surface area contributed by atoms with Crippen molar-refractivity contribution in [1.82, 2.24) is 4.98 Å². The van der Waals surface area contributed by atoms with Gasteiger partial charge in [0.1, 0.15) is 5.75 Å². The molecule has 0 spiro atoms. The van der Waals surface area contributed by atoms with Gasteiger partial charge in [-0.05, 0) is 55.7 Å². The first-order valence-corrected chi connectivity index (χ1v) is 6.49. The summed E-state index contributed by atoms with van der Waals surface area (Å²) in [5, 5.41) is 0.710. The Hall–Kier alpha value is -1.58. The molecule has 2 N–H and O–H groups in total. The Morgan fingerprint density at radius 1 is 1.11 bits per heavy atom. The predicted octanol–water partition coefficient (Wildman–Crippen LogP) is 3.91. The van der Waals surface area contributed by atoms with E-state index in [1.165, 1.54) is 0 Å². The van der Waals surface area contributed by atoms with Gasteiger partial charge in [0.25, 0.3) is 0 Å². The molecule has 0 unspecified atom stereocenters. The average Bonchev–Trinajstić information content (AvgIpc) is 2.33. The van der Waals surface area contributed by atoms with E-state index >= 15 is 0 Å². The normalized spacial score (nSPS) is 10.6. The molecule has 1 aromatic heterocycles. The molecule has 0 aliphatic carbocycles. The topological polar surface area (TPSA) is 48.1 Å². The van der Waals surface area contributed by atoms with Gasteiger partial charge >= 0.3 is 0 Å². The summed E-state index contributed by atoms with van der Waals surface area (Å²) < 4.78 is 5.89. The van der Waals surface area contributed by atoms with Gasteiger partial charge in [-0.25, -0.2) is 4.98 Å². The van der Waals surface area contributed by atoms with Gasteiger partial charge in [-0.3, -0.25) is 0 Å². The first-order valence-electron chi connectivity index (χ1n) is 6.12. The molecule has 0 aliphatic rings. The van der Waals surface area contributed by atoms with Gasteiger partial charge in [-0.2, -0.15) is 0 Å². The molecule has 19 heavy (non-hydrogen) atoms. The number of rotatable bonds is 3. The SMILES string of the molecule is Cc1cc(CN)cc(Oc2c(C)cc(Cl)cc2C)n1. The molecule has 2 aromatic rings. The number of aryl methyl sites for hydroxylation is 3. The molecule has 2 rings (SSSR count). The molecular formula is C15H17ClN2O. The maximum Gasteiger partial charge on any atom is 0.219 e. The summed E-state index contributed by atoms with van der Waals surface area (Å²) >= 11 is 6.01. The fourth-order valence-corrected chi connectivity index (χ4v) is 2.37. The zero-order valence-corrected chi connectivity index (χ0v) is 12.1. The Morgan fingerprint density at radius 3 is 2.32 bits per heavy atom. The average molecular weight is 277 g/mol. The van der Waals surface area contributed by atoms with Crippen molar-refractivity contribution in [3.8, 4) is 11.6 Å². The maximum atomic E-state index is 6.01. The summed E-state index contributed by atoms with van der Waals surface area (Å²) in [6.45, 7) is 6.33. The van der Waals surface area contributed by atoms with Crippen molar-refractivity contribution >= 4 is 11.6 Å². The Labute approximate surface area is 118 Å². The number of hydrogen-bond acceptors (Lipinski definition) is 3. The Bertz CT molecular complexity index is 588. The second-order valence-corrected chi connectivity index (χ2v) is 5.07. The zero-order valence-electron chi connectivity index (χ0n) is 11.3. The lowest BCUT2D eigenvalue weighted by Crippen LogP contribution is -2.00. The molecule has 4 heteroatoms. The summed E-state index contributed by atoms with van der Waals surface area (Å²) in [6, 6.07) is 7.57. The van der Waals surface area contributed by atoms with Crippen LogP contribution in [0.2, 0.25) is 5.02 Å². The zero-order chi connectivity index (χ0) is 14.0. The van der Waals surface area contributed by atoms with Crippen LogP contribution < -0.4 is 10.5 Å². The molecule has 0 atom stereocenters. The van der Waals surface area contributed by atoms with Crippen molar-refractivity contribution in [2.45, 2.75) is 27.3 Å². The first-order chi connectivity index (χ1) is 8.99. The largest absolute Gasteiger partial charge is 0.438 e. The highest BCUT2D eigenvalue weighted by atomic mass is 35.5. The monoisotopic (exact) mass is 276 g/mol. The van der Waals surface area contributed by atoms with Gasteiger partial charge in [0, 0.05) is 23.3 Å². The van der Waals surface area contributed by atoms with Crippen LogP contribution in [0.15, 0.2) is 24.3 Å². The minimum absolute atomic E-state index is 0.471. The number of nitrogens with zero attached hydrogens (tertiary/aromatic N) is 1. The maximum absolute atomic E-state index is 6.01. The molecule has 0 fully saturated rings. The summed E-state index contributed by atoms with van der Waals surface area (Å²) in [7, 11) is 0. The molecule has 1 aromatic carbocycles. The number of aromatic nitrogens is 1. The van der Waals surface area contributed by atoms with E-state index in [4.69, 9.17) is 22.1 Å². The smallest absolute Gasteiger partial charge is 0.219 e. The second-order valence-electron chi connectivity index (χ2n) is 4.63. The van der Waals surface area contributed by atoms with Gasteiger partial charge in [0.15, 0.2) is 0 Å². The molecule has 0 amide bonds. The fraction of sp³-hybridized carbons (Fsp3) is 0.267. The van der Waals surface area contributed by atoms with Crippen LogP contribution in [0.3, 0.4) is 0 Å². The van der Waals surface area contributed by atoms with Gasteiger partial charge in [-0.15, -0.1) is 0 Å². The van der Waals surface area contributed by atoms with Crippen molar-refractivity contribution in [2.24, 2.45) is 5.73 Å². The number of pyridine rings is 1. The first kappa shape index (κ1) is 13.8. The molecule has 0 saturated carbocycles. The summed E-state index contributed by atoms with van der Waals surface area (Å²) in [4.78, 5) is 4.37. The Morgan fingerprint density at radius 2 is 1.74 bits per heavy atom. The van der Waals surface area contributed by atoms with Crippen LogP contribution in [0, 0.1) is 20.8 Å². The van der Waals surface area contributed by atoms with Crippen molar-refractivity contribution < 1.29 is 4.74 Å². The van der Waals surface area contributed by atoms with Crippen molar-refractivity contribution in [3.63, 3.8) is 0 Å². The van der Waals surface area contributed by atoms with Crippen LogP contribution in [-0.4, -0.2) is 4.98 Å². The third-order valence-corrected chi connectivity index (χ3v) is 3.08. The molecule has 0 bridgehead atoms. The number of ether oxygens (including phenoxy) is 1. The van der Waals surface area contributed by atoms with Crippen molar-refractivity contribution in [1.29, 1.82) is 0 Å². The van der Waals surface area contributed by atoms with Gasteiger partial charge in [0.05, 0.1) is 0 Å². The molecule has 0 saturated heterocycles. The number of nitrogens with two attached hydrogens (primary N) is 1. The second kappa shape index (κ2) is 5.59. The lowest BCUT2D eigenvalue weighted by atomic mass is 10.1. The summed E-state index contributed by atoms with van der Waals surface area (Å²) in [5.41, 5.74) is 9.53. The van der Waals surface area contributed by atoms with E-state index in [2.05, 4.69) is 4.98 Å². The number of hydrogen-bond donors (Lipinski definition) is 1. The van der Waals surface area contributed by atoms with Crippen molar-refractivity contribution in [3.05, 3.63) is 51.7 Å². The van der Waals surface area contributed by atoms with Gasteiger partial charge in [0.2, 0.25) is 5.88 Å². The molecule has 0 radical (unpaired) electrons. The lowest BCUT2D eigenvalue weighted by Gasteiger charge is -2.12. The molecule has 0 aliphatic heterocycles. The van der Waals surface area contributed by atoms with E-state index in [1.54, 1.807) is 0 Å². The molecular weight excluding hydrogens is 260 g/mol. The molecule has 100 valence electrons. The standard InChI is InChI=1S/C15H17ClN2O/c1-9-4-13(16)5-10(2)15(9)19-14-7-12(8-17)6-11(3)18-14/h4-7H,8,17H2,1-3H3. The summed E-state index contributed by atoms with van der Waals surface area (Å²) in [5.74, 6) is 1.36. The molecule has 3 nitrogen and oxygen atoms in total. The summed E-state index contributed by atoms with van der Waals surface area (Å²) in [6.07, 6.45) is 0. The van der Waals surface area contributed by atoms with Crippen LogP contribution in [0.5, 0.6) is 11.6 Å². The van der Waals surface area contributed by atoms with Crippen LogP contribution in [-0.2, 0) is 6.54 Å². The number of benzene rings is 1. The van der Waals surface area contributed by atoms with E-state index in [-0.39, 0.29) is 0 Å². The van der Waals surface area contributed by atoms with Crippen molar-refractivity contribution in [2.75, 3.05) is 0 Å². The number of halogens is 1. The van der Waals surface area contributed by atoms with E-state index in [1.807, 2.05) is 45.0 Å². The minimum atomic E-state index is 0.471. The minimum Gasteiger partial charge on any atom is -0.438 e. The Balaban J connectivity index is 2.39.